The second-order valence-corrected chi connectivity index (χ2v) is 5.50. The van der Waals surface area contributed by atoms with E-state index in [1.165, 1.54) is 6.21 Å². The fourth-order valence-electron chi connectivity index (χ4n) is 2.99. The summed E-state index contributed by atoms with van der Waals surface area (Å²) in [5.41, 5.74) is 3.29. The van der Waals surface area contributed by atoms with Crippen molar-refractivity contribution in [2.24, 2.45) is 5.41 Å². The number of pyridine rings is 1. The van der Waals surface area contributed by atoms with E-state index in [1.807, 2.05) is 18.2 Å². The number of anilines is 1. The molecule has 1 saturated heterocycles. The van der Waals surface area contributed by atoms with Crippen molar-refractivity contribution in [2.75, 3.05) is 18.4 Å². The van der Waals surface area contributed by atoms with E-state index in [-0.39, 0.29) is 0 Å². The minimum atomic E-state index is -0.481. The van der Waals surface area contributed by atoms with Gasteiger partial charge in [-0.3, -0.25) is 4.98 Å². The molecule has 1 atom stereocenters. The zero-order valence-electron chi connectivity index (χ0n) is 11.7. The van der Waals surface area contributed by atoms with Crippen LogP contribution < -0.4 is 10.6 Å². The van der Waals surface area contributed by atoms with Crippen molar-refractivity contribution in [1.29, 1.82) is 5.41 Å². The number of carbonyl (C=O) groups excluding carboxylic acids is 1. The number of piperidine rings is 1. The Hall–Kier alpha value is -2.27. The van der Waals surface area contributed by atoms with Crippen molar-refractivity contribution >= 4 is 18.2 Å². The third-order valence-corrected chi connectivity index (χ3v) is 4.16. The van der Waals surface area contributed by atoms with Crippen molar-refractivity contribution in [2.45, 2.75) is 12.8 Å². The molecule has 2 heterocycles. The number of carbonyl (C=O) groups is 1. The van der Waals surface area contributed by atoms with Crippen LogP contribution in [-0.4, -0.2) is 30.6 Å². The van der Waals surface area contributed by atoms with Crippen LogP contribution in [0.5, 0.6) is 0 Å². The van der Waals surface area contributed by atoms with Crippen LogP contribution in [0, 0.1) is 10.8 Å². The monoisotopic (exact) mass is 282 g/mol. The number of aldehydes is 1. The number of rotatable bonds is 4. The van der Waals surface area contributed by atoms with E-state index < -0.39 is 5.41 Å². The molecule has 1 fully saturated rings. The summed E-state index contributed by atoms with van der Waals surface area (Å²) >= 11 is 0. The molecule has 3 rings (SSSR count). The fourth-order valence-corrected chi connectivity index (χ4v) is 2.99. The smallest absolute Gasteiger partial charge is 0.131 e. The molecule has 0 radical (unpaired) electrons. The molecule has 1 aromatic rings. The van der Waals surface area contributed by atoms with Crippen molar-refractivity contribution in [3.05, 3.63) is 47.4 Å². The lowest BCUT2D eigenvalue weighted by Gasteiger charge is -2.39. The van der Waals surface area contributed by atoms with Gasteiger partial charge in [-0.1, -0.05) is 5.57 Å². The van der Waals surface area contributed by atoms with E-state index in [2.05, 4.69) is 15.6 Å². The molecule has 1 unspecified atom stereocenters. The molecule has 5 nitrogen and oxygen atoms in total. The van der Waals surface area contributed by atoms with Gasteiger partial charge in [0.25, 0.3) is 0 Å². The lowest BCUT2D eigenvalue weighted by Crippen LogP contribution is -2.45. The molecule has 3 N–H and O–H groups in total. The molecular weight excluding hydrogens is 264 g/mol. The molecule has 0 amide bonds. The van der Waals surface area contributed by atoms with Gasteiger partial charge in [0.2, 0.25) is 0 Å². The van der Waals surface area contributed by atoms with Crippen LogP contribution in [0.4, 0.5) is 5.69 Å². The Morgan fingerprint density at radius 1 is 1.48 bits per heavy atom. The van der Waals surface area contributed by atoms with E-state index in [9.17, 15) is 4.79 Å². The van der Waals surface area contributed by atoms with Gasteiger partial charge >= 0.3 is 0 Å². The van der Waals surface area contributed by atoms with Gasteiger partial charge in [0.1, 0.15) is 6.29 Å². The second-order valence-electron chi connectivity index (χ2n) is 5.50. The van der Waals surface area contributed by atoms with E-state index in [4.69, 9.17) is 5.41 Å². The molecule has 5 heteroatoms. The first-order chi connectivity index (χ1) is 10.3. The van der Waals surface area contributed by atoms with Gasteiger partial charge in [-0.05, 0) is 43.2 Å². The molecule has 0 bridgehead atoms. The maximum absolute atomic E-state index is 11.6. The van der Waals surface area contributed by atoms with E-state index >= 15 is 0 Å². The summed E-state index contributed by atoms with van der Waals surface area (Å²) in [4.78, 5) is 15.7. The average molecular weight is 282 g/mol. The van der Waals surface area contributed by atoms with Crippen LogP contribution >= 0.6 is 0 Å². The fraction of sp³-hybridized carbons (Fsp3) is 0.312. The number of allylic oxidation sites excluding steroid dienone is 2. The molecule has 1 aliphatic carbocycles. The SMILES string of the molecule is N=CC1=C(Nc2cccnc2)C=C2CCNCC2(C=O)C1. The van der Waals surface area contributed by atoms with Gasteiger partial charge in [0.15, 0.2) is 0 Å². The minimum Gasteiger partial charge on any atom is -0.354 e. The summed E-state index contributed by atoms with van der Waals surface area (Å²) in [5.74, 6) is 0. The zero-order valence-corrected chi connectivity index (χ0v) is 11.7. The van der Waals surface area contributed by atoms with Crippen molar-refractivity contribution in [1.82, 2.24) is 10.3 Å². The van der Waals surface area contributed by atoms with Crippen molar-refractivity contribution in [3.8, 4) is 0 Å². The summed E-state index contributed by atoms with van der Waals surface area (Å²) in [6.45, 7) is 1.54. The summed E-state index contributed by atoms with van der Waals surface area (Å²) in [7, 11) is 0. The highest BCUT2D eigenvalue weighted by Crippen LogP contribution is 2.41. The quantitative estimate of drug-likeness (QED) is 0.582. The molecule has 1 aromatic heterocycles. The largest absolute Gasteiger partial charge is 0.354 e. The van der Waals surface area contributed by atoms with Crippen LogP contribution in [0.3, 0.4) is 0 Å². The molecule has 1 aliphatic heterocycles. The molecule has 108 valence electrons. The molecule has 0 saturated carbocycles. The first-order valence-corrected chi connectivity index (χ1v) is 7.06. The molecule has 0 aromatic carbocycles. The highest BCUT2D eigenvalue weighted by atomic mass is 16.1. The second kappa shape index (κ2) is 5.61. The first kappa shape index (κ1) is 13.7. The Balaban J connectivity index is 1.96. The third-order valence-electron chi connectivity index (χ3n) is 4.16. The first-order valence-electron chi connectivity index (χ1n) is 7.06. The van der Waals surface area contributed by atoms with Gasteiger partial charge in [0.05, 0.1) is 17.3 Å². The van der Waals surface area contributed by atoms with Crippen molar-refractivity contribution in [3.63, 3.8) is 0 Å². The number of nitrogens with zero attached hydrogens (tertiary/aromatic N) is 1. The van der Waals surface area contributed by atoms with Crippen LogP contribution in [0.2, 0.25) is 0 Å². The lowest BCUT2D eigenvalue weighted by molar-refractivity contribution is -0.114. The van der Waals surface area contributed by atoms with Gasteiger partial charge < -0.3 is 20.8 Å². The van der Waals surface area contributed by atoms with Gasteiger partial charge in [-0.2, -0.15) is 0 Å². The van der Waals surface area contributed by atoms with E-state index in [0.717, 1.165) is 41.8 Å². The summed E-state index contributed by atoms with van der Waals surface area (Å²) < 4.78 is 0. The van der Waals surface area contributed by atoms with E-state index in [0.29, 0.717) is 13.0 Å². The maximum atomic E-state index is 11.6. The van der Waals surface area contributed by atoms with Crippen LogP contribution in [0.1, 0.15) is 12.8 Å². The zero-order chi connectivity index (χ0) is 14.7. The molecule has 2 aliphatic rings. The van der Waals surface area contributed by atoms with Gasteiger partial charge in [-0.25, -0.2) is 0 Å². The number of nitrogens with one attached hydrogen (secondary N) is 3. The Morgan fingerprint density at radius 2 is 2.38 bits per heavy atom. The normalized spacial score (nSPS) is 24.9. The topological polar surface area (TPSA) is 77.9 Å². The van der Waals surface area contributed by atoms with Crippen LogP contribution in [0.25, 0.3) is 0 Å². The number of hydrogen-bond acceptors (Lipinski definition) is 5. The number of hydrogen-bond donors (Lipinski definition) is 3. The Bertz CT molecular complexity index is 620. The summed E-state index contributed by atoms with van der Waals surface area (Å²) in [5, 5.41) is 14.3. The number of aromatic nitrogens is 1. The predicted octanol–water partition coefficient (Wildman–Crippen LogP) is 1.91. The van der Waals surface area contributed by atoms with Crippen LogP contribution in [0.15, 0.2) is 47.4 Å². The Morgan fingerprint density at radius 3 is 3.10 bits per heavy atom. The van der Waals surface area contributed by atoms with E-state index in [1.54, 1.807) is 12.4 Å². The van der Waals surface area contributed by atoms with Crippen LogP contribution in [-0.2, 0) is 4.79 Å². The lowest BCUT2D eigenvalue weighted by atomic mass is 9.69. The summed E-state index contributed by atoms with van der Waals surface area (Å²) in [6.07, 6.45) is 9.31. The standard InChI is InChI=1S/C16H18N4O/c17-8-12-7-16(11-21)10-19-5-3-13(16)6-15(12)20-14-2-1-4-18-9-14/h1-2,4,6,8-9,11,17,19-20H,3,5,7,10H2. The molecular formula is C16H18N4O. The highest BCUT2D eigenvalue weighted by molar-refractivity contribution is 5.84. The minimum absolute atomic E-state index is 0.481. The predicted molar refractivity (Wildman–Crippen MR) is 82.4 cm³/mol. The summed E-state index contributed by atoms with van der Waals surface area (Å²) in [6, 6.07) is 3.80. The molecule has 0 spiro atoms. The average Bonchev–Trinajstić information content (AvgIpc) is 2.55. The third kappa shape index (κ3) is 2.52. The Labute approximate surface area is 123 Å². The van der Waals surface area contributed by atoms with Gasteiger partial charge in [-0.15, -0.1) is 0 Å². The Kier molecular flexibility index (Phi) is 3.66. The molecule has 21 heavy (non-hydrogen) atoms. The number of fused-ring (bicyclic) bond motifs is 1. The highest BCUT2D eigenvalue weighted by Gasteiger charge is 2.39. The van der Waals surface area contributed by atoms with Crippen molar-refractivity contribution < 1.29 is 4.79 Å². The van der Waals surface area contributed by atoms with Gasteiger partial charge in [0, 0.05) is 24.7 Å². The maximum Gasteiger partial charge on any atom is 0.131 e.